The lowest BCUT2D eigenvalue weighted by Crippen LogP contribution is -2.25. The number of aromatic nitrogens is 3. The summed E-state index contributed by atoms with van der Waals surface area (Å²) < 4.78 is 0. The average molecular weight is 412 g/mol. The van der Waals surface area contributed by atoms with Crippen LogP contribution < -0.4 is 16.0 Å². The first-order valence-corrected chi connectivity index (χ1v) is 9.68. The number of nitrogens with one attached hydrogen (secondary N) is 3. The Balaban J connectivity index is 1.36. The van der Waals surface area contributed by atoms with Crippen molar-refractivity contribution in [3.05, 3.63) is 89.7 Å². The highest BCUT2D eigenvalue weighted by atomic mass is 16.2. The van der Waals surface area contributed by atoms with Crippen molar-refractivity contribution in [1.82, 2.24) is 20.5 Å². The van der Waals surface area contributed by atoms with Crippen LogP contribution in [-0.4, -0.2) is 27.1 Å². The molecule has 8 heteroatoms. The molecule has 0 radical (unpaired) electrons. The van der Waals surface area contributed by atoms with Gasteiger partial charge in [-0.1, -0.05) is 36.4 Å². The zero-order valence-corrected chi connectivity index (χ0v) is 16.8. The number of amides is 3. The highest BCUT2D eigenvalue weighted by molar-refractivity contribution is 5.99. The van der Waals surface area contributed by atoms with Crippen LogP contribution in [0.2, 0.25) is 0 Å². The second-order valence-corrected chi connectivity index (χ2v) is 6.96. The Hall–Kier alpha value is -4.33. The van der Waals surface area contributed by atoms with Crippen molar-refractivity contribution < 1.29 is 9.59 Å². The molecule has 3 N–H and O–H groups in total. The van der Waals surface area contributed by atoms with Gasteiger partial charge in [-0.2, -0.15) is 0 Å². The van der Waals surface area contributed by atoms with Gasteiger partial charge >= 0.3 is 6.03 Å². The van der Waals surface area contributed by atoms with E-state index in [0.29, 0.717) is 22.4 Å². The van der Waals surface area contributed by atoms with E-state index < -0.39 is 5.91 Å². The number of hydrogen-bond donors (Lipinski definition) is 3. The molecule has 0 fully saturated rings. The normalized spacial score (nSPS) is 10.5. The maximum atomic E-state index is 12.4. The Morgan fingerprint density at radius 2 is 1.52 bits per heavy atom. The van der Waals surface area contributed by atoms with Gasteiger partial charge in [0.15, 0.2) is 0 Å². The van der Waals surface area contributed by atoms with Crippen molar-refractivity contribution in [2.75, 3.05) is 10.6 Å². The van der Waals surface area contributed by atoms with Gasteiger partial charge in [-0.15, -0.1) is 10.2 Å². The van der Waals surface area contributed by atoms with Crippen molar-refractivity contribution >= 4 is 34.3 Å². The topological polar surface area (TPSA) is 109 Å². The Labute approximate surface area is 178 Å². The van der Waals surface area contributed by atoms with Gasteiger partial charge in [-0.05, 0) is 54.4 Å². The zero-order chi connectivity index (χ0) is 21.6. The van der Waals surface area contributed by atoms with Crippen molar-refractivity contribution in [2.45, 2.75) is 13.5 Å². The molecule has 4 rings (SSSR count). The number of carbonyl (C=O) groups is 2. The van der Waals surface area contributed by atoms with E-state index in [-0.39, 0.29) is 18.4 Å². The van der Waals surface area contributed by atoms with Crippen LogP contribution in [-0.2, 0) is 6.54 Å². The van der Waals surface area contributed by atoms with E-state index in [1.807, 2.05) is 49.4 Å². The van der Waals surface area contributed by atoms with Crippen LogP contribution in [0.25, 0.3) is 11.0 Å². The fourth-order valence-corrected chi connectivity index (χ4v) is 3.01. The van der Waals surface area contributed by atoms with Gasteiger partial charge in [0.25, 0.3) is 5.91 Å². The minimum Gasteiger partial charge on any atom is -0.345 e. The summed E-state index contributed by atoms with van der Waals surface area (Å²) in [5.74, 6) is -0.417. The lowest BCUT2D eigenvalue weighted by molar-refractivity contribution is 0.0939. The molecule has 0 bridgehead atoms. The number of carbonyl (C=O) groups excluding carboxylic acids is 2. The number of nitrogens with zero attached hydrogens (tertiary/aromatic N) is 3. The van der Waals surface area contributed by atoms with Crippen LogP contribution in [0.3, 0.4) is 0 Å². The molecule has 0 unspecified atom stereocenters. The van der Waals surface area contributed by atoms with E-state index in [9.17, 15) is 9.59 Å². The molecule has 154 valence electrons. The molecule has 0 aliphatic heterocycles. The van der Waals surface area contributed by atoms with Crippen LogP contribution in [0.15, 0.2) is 72.8 Å². The van der Waals surface area contributed by atoms with Crippen LogP contribution in [0.1, 0.15) is 21.7 Å². The summed E-state index contributed by atoms with van der Waals surface area (Å²) in [7, 11) is 0. The fraction of sp³-hybridized carbons (Fsp3) is 0.0870. The predicted octanol–water partition coefficient (Wildman–Crippen LogP) is 3.91. The molecule has 0 spiro atoms. The number of hydrogen-bond acceptors (Lipinski definition) is 5. The van der Waals surface area contributed by atoms with Crippen LogP contribution in [0, 0.1) is 6.92 Å². The summed E-state index contributed by atoms with van der Waals surface area (Å²) in [4.78, 5) is 28.9. The molecule has 0 atom stereocenters. The first-order chi connectivity index (χ1) is 15.1. The van der Waals surface area contributed by atoms with E-state index in [2.05, 4.69) is 31.1 Å². The predicted molar refractivity (Wildman–Crippen MR) is 119 cm³/mol. The summed E-state index contributed by atoms with van der Waals surface area (Å²) >= 11 is 0. The number of rotatable bonds is 5. The number of fused-ring (bicyclic) bond motifs is 1. The van der Waals surface area contributed by atoms with Crippen LogP contribution in [0.4, 0.5) is 16.2 Å². The number of para-hydroxylation sites is 1. The maximum Gasteiger partial charge on any atom is 0.323 e. The lowest BCUT2D eigenvalue weighted by Gasteiger charge is -2.10. The molecule has 31 heavy (non-hydrogen) atoms. The van der Waals surface area contributed by atoms with Gasteiger partial charge in [-0.25, -0.2) is 9.78 Å². The molecule has 4 aromatic rings. The summed E-state index contributed by atoms with van der Waals surface area (Å²) in [6, 6.07) is 21.6. The summed E-state index contributed by atoms with van der Waals surface area (Å²) in [6.07, 6.45) is 0. The summed E-state index contributed by atoms with van der Waals surface area (Å²) in [5, 5.41) is 16.3. The third kappa shape index (κ3) is 5.18. The van der Waals surface area contributed by atoms with Gasteiger partial charge in [0.2, 0.25) is 5.82 Å². The van der Waals surface area contributed by atoms with E-state index in [1.165, 1.54) is 0 Å². The smallest absolute Gasteiger partial charge is 0.323 e. The van der Waals surface area contributed by atoms with Crippen molar-refractivity contribution in [3.8, 4) is 0 Å². The third-order valence-corrected chi connectivity index (χ3v) is 4.48. The highest BCUT2D eigenvalue weighted by Gasteiger charge is 2.11. The van der Waals surface area contributed by atoms with Crippen molar-refractivity contribution in [3.63, 3.8) is 0 Å². The first kappa shape index (κ1) is 20.0. The summed E-state index contributed by atoms with van der Waals surface area (Å²) in [6.45, 7) is 2.21. The molecular formula is C23H20N6O2. The molecule has 8 nitrogen and oxygen atoms in total. The van der Waals surface area contributed by atoms with E-state index in [0.717, 1.165) is 11.1 Å². The fourth-order valence-electron chi connectivity index (χ4n) is 3.01. The monoisotopic (exact) mass is 412 g/mol. The number of aryl methyl sites for hydroxylation is 1. The van der Waals surface area contributed by atoms with Crippen LogP contribution in [0.5, 0.6) is 0 Å². The molecule has 0 aliphatic rings. The Morgan fingerprint density at radius 1 is 0.806 bits per heavy atom. The van der Waals surface area contributed by atoms with Crippen molar-refractivity contribution in [2.24, 2.45) is 0 Å². The zero-order valence-electron chi connectivity index (χ0n) is 16.8. The molecule has 3 aromatic carbocycles. The van der Waals surface area contributed by atoms with Gasteiger partial charge < -0.3 is 16.0 Å². The SMILES string of the molecule is Cc1cccc(NC(=O)Nc2cccc(CNC(=O)c3nnc4ccccc4n3)c2)c1. The summed E-state index contributed by atoms with van der Waals surface area (Å²) in [5.41, 5.74) is 4.43. The molecule has 1 heterocycles. The second kappa shape index (κ2) is 9.00. The third-order valence-electron chi connectivity index (χ3n) is 4.48. The molecular weight excluding hydrogens is 392 g/mol. The lowest BCUT2D eigenvalue weighted by atomic mass is 10.2. The van der Waals surface area contributed by atoms with Gasteiger partial charge in [0, 0.05) is 17.9 Å². The molecule has 0 saturated carbocycles. The maximum absolute atomic E-state index is 12.4. The largest absolute Gasteiger partial charge is 0.345 e. The van der Waals surface area contributed by atoms with Gasteiger partial charge in [-0.3, -0.25) is 4.79 Å². The molecule has 1 aromatic heterocycles. The minimum atomic E-state index is -0.422. The molecule has 0 aliphatic carbocycles. The first-order valence-electron chi connectivity index (χ1n) is 9.68. The van der Waals surface area contributed by atoms with Crippen LogP contribution >= 0.6 is 0 Å². The van der Waals surface area contributed by atoms with Crippen molar-refractivity contribution in [1.29, 1.82) is 0 Å². The quantitative estimate of drug-likeness (QED) is 0.461. The Kier molecular flexibility index (Phi) is 5.79. The highest BCUT2D eigenvalue weighted by Crippen LogP contribution is 2.13. The average Bonchev–Trinajstić information content (AvgIpc) is 2.77. The van der Waals surface area contributed by atoms with E-state index in [4.69, 9.17) is 0 Å². The van der Waals surface area contributed by atoms with Gasteiger partial charge in [0.05, 0.1) is 5.52 Å². The number of benzene rings is 3. The minimum absolute atomic E-state index is 0.00510. The Bertz CT molecular complexity index is 1260. The molecule has 3 amide bonds. The van der Waals surface area contributed by atoms with E-state index >= 15 is 0 Å². The van der Waals surface area contributed by atoms with E-state index in [1.54, 1.807) is 30.3 Å². The number of anilines is 2. The molecule has 0 saturated heterocycles. The number of urea groups is 1. The Morgan fingerprint density at radius 3 is 2.29 bits per heavy atom. The van der Waals surface area contributed by atoms with Gasteiger partial charge in [0.1, 0.15) is 5.52 Å². The standard InChI is InChI=1S/C23H20N6O2/c1-15-6-4-8-17(12-15)25-23(31)26-18-9-5-7-16(13-18)14-24-22(30)21-27-19-10-2-3-11-20(19)28-29-21/h2-13H,14H2,1H3,(H,24,30)(H2,25,26,31). The second-order valence-electron chi connectivity index (χ2n) is 6.96.